The first-order valence-corrected chi connectivity index (χ1v) is 7.52. The molecular formula is C15H15Cl3N2. The minimum Gasteiger partial charge on any atom is -0.310 e. The Kier molecular flexibility index (Phi) is 5.67. The highest BCUT2D eigenvalue weighted by Gasteiger charge is 2.16. The van der Waals surface area contributed by atoms with Gasteiger partial charge in [0, 0.05) is 28.5 Å². The lowest BCUT2D eigenvalue weighted by atomic mass is 9.99. The fourth-order valence-electron chi connectivity index (χ4n) is 2.13. The van der Waals surface area contributed by atoms with Crippen molar-refractivity contribution in [2.75, 3.05) is 6.54 Å². The van der Waals surface area contributed by atoms with Crippen LogP contribution >= 0.6 is 34.8 Å². The summed E-state index contributed by atoms with van der Waals surface area (Å²) in [6.45, 7) is 2.89. The van der Waals surface area contributed by atoms with Gasteiger partial charge in [0.1, 0.15) is 0 Å². The molecule has 0 aliphatic heterocycles. The molecule has 1 aromatic carbocycles. The second-order valence-electron chi connectivity index (χ2n) is 4.45. The van der Waals surface area contributed by atoms with Gasteiger partial charge < -0.3 is 5.32 Å². The fourth-order valence-corrected chi connectivity index (χ4v) is 2.77. The van der Waals surface area contributed by atoms with Crippen molar-refractivity contribution in [2.45, 2.75) is 19.4 Å². The van der Waals surface area contributed by atoms with Crippen LogP contribution in [0.15, 0.2) is 36.7 Å². The van der Waals surface area contributed by atoms with Crippen LogP contribution in [0.3, 0.4) is 0 Å². The molecule has 1 unspecified atom stereocenters. The molecule has 0 radical (unpaired) electrons. The van der Waals surface area contributed by atoms with Crippen LogP contribution in [0.1, 0.15) is 24.1 Å². The Labute approximate surface area is 134 Å². The zero-order valence-corrected chi connectivity index (χ0v) is 13.3. The molecule has 0 spiro atoms. The maximum absolute atomic E-state index is 6.24. The SMILES string of the molecule is CCNC(Cc1cc(Cl)ccc1Cl)c1ccncc1Cl. The number of nitrogens with zero attached hydrogens (tertiary/aromatic N) is 1. The van der Waals surface area contributed by atoms with Crippen LogP contribution in [0.25, 0.3) is 0 Å². The molecule has 0 aliphatic carbocycles. The molecule has 1 aromatic heterocycles. The summed E-state index contributed by atoms with van der Waals surface area (Å²) in [7, 11) is 0. The van der Waals surface area contributed by atoms with Crippen molar-refractivity contribution in [3.63, 3.8) is 0 Å². The Bertz CT molecular complexity index is 587. The standard InChI is InChI=1S/C15H15Cl3N2/c1-2-20-15(12-5-6-19-9-14(12)18)8-10-7-11(16)3-4-13(10)17/h3-7,9,15,20H,2,8H2,1H3. The molecule has 0 aliphatic rings. The minimum atomic E-state index is 0.0754. The summed E-state index contributed by atoms with van der Waals surface area (Å²) < 4.78 is 0. The van der Waals surface area contributed by atoms with E-state index in [-0.39, 0.29) is 6.04 Å². The third-order valence-electron chi connectivity index (χ3n) is 3.06. The van der Waals surface area contributed by atoms with Gasteiger partial charge >= 0.3 is 0 Å². The van der Waals surface area contributed by atoms with Crippen LogP contribution in [-0.4, -0.2) is 11.5 Å². The van der Waals surface area contributed by atoms with Gasteiger partial charge in [-0.05, 0) is 48.4 Å². The molecule has 0 bridgehead atoms. The molecule has 20 heavy (non-hydrogen) atoms. The second kappa shape index (κ2) is 7.28. The van der Waals surface area contributed by atoms with Crippen molar-refractivity contribution in [1.29, 1.82) is 0 Å². The molecule has 2 aromatic rings. The predicted molar refractivity (Wildman–Crippen MR) is 85.8 cm³/mol. The van der Waals surface area contributed by atoms with Crippen LogP contribution in [0.4, 0.5) is 0 Å². The molecule has 106 valence electrons. The van der Waals surface area contributed by atoms with Gasteiger partial charge in [0.05, 0.1) is 5.02 Å². The monoisotopic (exact) mass is 328 g/mol. The Morgan fingerprint density at radius 2 is 1.95 bits per heavy atom. The second-order valence-corrected chi connectivity index (χ2v) is 5.70. The van der Waals surface area contributed by atoms with Crippen molar-refractivity contribution >= 4 is 34.8 Å². The number of rotatable bonds is 5. The van der Waals surface area contributed by atoms with E-state index in [0.717, 1.165) is 24.1 Å². The molecule has 1 heterocycles. The van der Waals surface area contributed by atoms with Crippen LogP contribution < -0.4 is 5.32 Å². The van der Waals surface area contributed by atoms with Crippen LogP contribution in [0.5, 0.6) is 0 Å². The maximum Gasteiger partial charge on any atom is 0.0637 e. The molecule has 1 N–H and O–H groups in total. The third kappa shape index (κ3) is 3.86. The number of nitrogens with one attached hydrogen (secondary N) is 1. The van der Waals surface area contributed by atoms with E-state index in [0.29, 0.717) is 15.1 Å². The van der Waals surface area contributed by atoms with Gasteiger partial charge in [0.25, 0.3) is 0 Å². The summed E-state index contributed by atoms with van der Waals surface area (Å²) in [5.74, 6) is 0. The average molecular weight is 330 g/mol. The number of benzene rings is 1. The van der Waals surface area contributed by atoms with E-state index in [1.165, 1.54) is 0 Å². The Balaban J connectivity index is 2.30. The Hall–Kier alpha value is -0.800. The average Bonchev–Trinajstić information content (AvgIpc) is 2.43. The summed E-state index contributed by atoms with van der Waals surface area (Å²) >= 11 is 18.5. The van der Waals surface area contributed by atoms with Gasteiger partial charge in [-0.1, -0.05) is 41.7 Å². The molecule has 2 nitrogen and oxygen atoms in total. The highest BCUT2D eigenvalue weighted by molar-refractivity contribution is 6.33. The zero-order chi connectivity index (χ0) is 14.5. The topological polar surface area (TPSA) is 24.9 Å². The Morgan fingerprint density at radius 1 is 1.15 bits per heavy atom. The van der Waals surface area contributed by atoms with Gasteiger partial charge in [-0.3, -0.25) is 4.98 Å². The van der Waals surface area contributed by atoms with Gasteiger partial charge in [-0.25, -0.2) is 0 Å². The van der Waals surface area contributed by atoms with E-state index in [1.54, 1.807) is 18.5 Å². The Morgan fingerprint density at radius 3 is 2.65 bits per heavy atom. The number of aromatic nitrogens is 1. The molecule has 1 atom stereocenters. The highest BCUT2D eigenvalue weighted by atomic mass is 35.5. The normalized spacial score (nSPS) is 12.4. The van der Waals surface area contributed by atoms with E-state index in [2.05, 4.69) is 17.2 Å². The number of halogens is 3. The van der Waals surface area contributed by atoms with Gasteiger partial charge in [0.2, 0.25) is 0 Å². The van der Waals surface area contributed by atoms with Crippen molar-refractivity contribution in [1.82, 2.24) is 10.3 Å². The maximum atomic E-state index is 6.24. The summed E-state index contributed by atoms with van der Waals surface area (Å²) in [6.07, 6.45) is 4.11. The van der Waals surface area contributed by atoms with E-state index >= 15 is 0 Å². The third-order valence-corrected chi connectivity index (χ3v) is 3.98. The van der Waals surface area contributed by atoms with Crippen LogP contribution in [0.2, 0.25) is 15.1 Å². The van der Waals surface area contributed by atoms with E-state index in [4.69, 9.17) is 34.8 Å². The first-order chi connectivity index (χ1) is 9.61. The van der Waals surface area contributed by atoms with E-state index in [9.17, 15) is 0 Å². The predicted octanol–water partition coefficient (Wildman–Crippen LogP) is 4.94. The van der Waals surface area contributed by atoms with Crippen molar-refractivity contribution in [2.24, 2.45) is 0 Å². The number of hydrogen-bond donors (Lipinski definition) is 1. The largest absolute Gasteiger partial charge is 0.310 e. The lowest BCUT2D eigenvalue weighted by Gasteiger charge is -2.20. The van der Waals surface area contributed by atoms with Gasteiger partial charge in [0.15, 0.2) is 0 Å². The summed E-state index contributed by atoms with van der Waals surface area (Å²) in [6, 6.07) is 7.49. The molecular weight excluding hydrogens is 315 g/mol. The highest BCUT2D eigenvalue weighted by Crippen LogP contribution is 2.29. The molecule has 0 saturated heterocycles. The van der Waals surface area contributed by atoms with E-state index < -0.39 is 0 Å². The van der Waals surface area contributed by atoms with Crippen LogP contribution in [0, 0.1) is 0 Å². The summed E-state index contributed by atoms with van der Waals surface area (Å²) in [5.41, 5.74) is 2.01. The smallest absolute Gasteiger partial charge is 0.0637 e. The van der Waals surface area contributed by atoms with Gasteiger partial charge in [-0.2, -0.15) is 0 Å². The van der Waals surface area contributed by atoms with Crippen molar-refractivity contribution in [3.05, 3.63) is 62.9 Å². The number of pyridine rings is 1. The molecule has 0 amide bonds. The summed E-state index contributed by atoms with van der Waals surface area (Å²) in [4.78, 5) is 4.02. The van der Waals surface area contributed by atoms with Crippen LogP contribution in [-0.2, 0) is 6.42 Å². The number of hydrogen-bond acceptors (Lipinski definition) is 2. The molecule has 0 saturated carbocycles. The lowest BCUT2D eigenvalue weighted by molar-refractivity contribution is 0.549. The minimum absolute atomic E-state index is 0.0754. The summed E-state index contributed by atoms with van der Waals surface area (Å²) in [5, 5.41) is 5.46. The first-order valence-electron chi connectivity index (χ1n) is 6.38. The molecule has 2 rings (SSSR count). The van der Waals surface area contributed by atoms with E-state index in [1.807, 2.05) is 18.2 Å². The lowest BCUT2D eigenvalue weighted by Crippen LogP contribution is -2.23. The first kappa shape index (κ1) is 15.6. The fraction of sp³-hybridized carbons (Fsp3) is 0.267. The molecule has 0 fully saturated rings. The zero-order valence-electron chi connectivity index (χ0n) is 11.0. The molecule has 5 heteroatoms. The quantitative estimate of drug-likeness (QED) is 0.841. The van der Waals surface area contributed by atoms with Crippen molar-refractivity contribution in [3.8, 4) is 0 Å². The van der Waals surface area contributed by atoms with Crippen molar-refractivity contribution < 1.29 is 0 Å². The van der Waals surface area contributed by atoms with Gasteiger partial charge in [-0.15, -0.1) is 0 Å². The number of likely N-dealkylation sites (N-methyl/N-ethyl adjacent to an activating group) is 1.